The molecule has 4 N–H and O–H groups in total. The highest BCUT2D eigenvalue weighted by atomic mass is 16.5. The third-order valence-corrected chi connectivity index (χ3v) is 4.78. The van der Waals surface area contributed by atoms with Crippen molar-refractivity contribution in [2.24, 2.45) is 11.5 Å². The normalized spacial score (nSPS) is 11.7. The van der Waals surface area contributed by atoms with Crippen molar-refractivity contribution in [3.05, 3.63) is 60.1 Å². The molecule has 0 aromatic carbocycles. The van der Waals surface area contributed by atoms with Crippen LogP contribution in [0.1, 0.15) is 85.5 Å². The molecule has 0 saturated heterocycles. The zero-order valence-electron chi connectivity index (χ0n) is 22.9. The summed E-state index contributed by atoms with van der Waals surface area (Å²) in [7, 11) is 0. The lowest BCUT2D eigenvalue weighted by Crippen LogP contribution is -2.01. The fourth-order valence-electron chi connectivity index (χ4n) is 2.75. The lowest BCUT2D eigenvalue weighted by atomic mass is 10.1. The van der Waals surface area contributed by atoms with Gasteiger partial charge in [0.05, 0.1) is 19.6 Å². The van der Waals surface area contributed by atoms with E-state index in [9.17, 15) is 9.59 Å². The maximum Gasteiger partial charge on any atom is 0.149 e. The summed E-state index contributed by atoms with van der Waals surface area (Å²) < 4.78 is 11.6. The van der Waals surface area contributed by atoms with Gasteiger partial charge in [0.25, 0.3) is 0 Å². The van der Waals surface area contributed by atoms with Crippen molar-refractivity contribution in [3.8, 4) is 0 Å². The monoisotopic (exact) mass is 492 g/mol. The number of hydrogen-bond donors (Lipinski definition) is 2. The SMILES string of the molecule is C=C.C=C(/C=C(\CC=O)OCCCCCCN)/C(C)=C/C(OCCCCCCN)=C(\C)C=O.CC. The van der Waals surface area contributed by atoms with E-state index < -0.39 is 0 Å². The van der Waals surface area contributed by atoms with E-state index in [0.717, 1.165) is 69.5 Å². The first-order valence-electron chi connectivity index (χ1n) is 12.8. The lowest BCUT2D eigenvalue weighted by molar-refractivity contribution is -0.108. The van der Waals surface area contributed by atoms with Crippen LogP contribution in [0.2, 0.25) is 0 Å². The Bertz CT molecular complexity index is 637. The molecule has 202 valence electrons. The highest BCUT2D eigenvalue weighted by molar-refractivity contribution is 5.74. The molecule has 6 heteroatoms. The van der Waals surface area contributed by atoms with Crippen molar-refractivity contribution in [1.29, 1.82) is 0 Å². The van der Waals surface area contributed by atoms with Gasteiger partial charge in [-0.3, -0.25) is 4.79 Å². The number of ether oxygens (including phenoxy) is 2. The van der Waals surface area contributed by atoms with Crippen molar-refractivity contribution in [2.75, 3.05) is 26.3 Å². The van der Waals surface area contributed by atoms with E-state index in [4.69, 9.17) is 20.9 Å². The largest absolute Gasteiger partial charge is 0.497 e. The van der Waals surface area contributed by atoms with Crippen LogP contribution in [-0.2, 0) is 19.1 Å². The quantitative estimate of drug-likeness (QED) is 0.0513. The van der Waals surface area contributed by atoms with Gasteiger partial charge >= 0.3 is 0 Å². The standard InChI is InChI=1S/C25H42N2O4.C2H6.C2H4/c1-21(18-24(12-15-28)30-16-10-6-4-8-13-26)22(2)19-25(23(3)20-29)31-17-11-7-5-9-14-27;2*1-2/h15,18-20H,1,4-14,16-17,26-27H2,2-3H3;1-2H3;1-2H2/b22-19+,24-18+,25-23-;;. The Hall–Kier alpha value is -2.44. The Morgan fingerprint density at radius 3 is 1.71 bits per heavy atom. The summed E-state index contributed by atoms with van der Waals surface area (Å²) in [5.74, 6) is 1.13. The molecule has 0 heterocycles. The minimum absolute atomic E-state index is 0.199. The first-order valence-corrected chi connectivity index (χ1v) is 12.8. The maximum absolute atomic E-state index is 11.3. The van der Waals surface area contributed by atoms with Crippen molar-refractivity contribution >= 4 is 12.6 Å². The van der Waals surface area contributed by atoms with Gasteiger partial charge in [0.2, 0.25) is 0 Å². The molecule has 0 fully saturated rings. The smallest absolute Gasteiger partial charge is 0.149 e. The third-order valence-electron chi connectivity index (χ3n) is 4.78. The fourth-order valence-corrected chi connectivity index (χ4v) is 2.75. The van der Waals surface area contributed by atoms with Gasteiger partial charge in [0.1, 0.15) is 24.1 Å². The predicted octanol–water partition coefficient (Wildman–Crippen LogP) is 6.33. The number of hydrogen-bond acceptors (Lipinski definition) is 6. The van der Waals surface area contributed by atoms with Gasteiger partial charge in [0, 0.05) is 5.57 Å². The van der Waals surface area contributed by atoms with Crippen LogP contribution in [0.4, 0.5) is 0 Å². The molecule has 0 aliphatic rings. The molecular weight excluding hydrogens is 440 g/mol. The number of rotatable bonds is 20. The maximum atomic E-state index is 11.3. The number of carbonyl (C=O) groups is 2. The summed E-state index contributed by atoms with van der Waals surface area (Å²) in [5.41, 5.74) is 13.1. The molecule has 0 aliphatic carbocycles. The van der Waals surface area contributed by atoms with Gasteiger partial charge in [-0.25, -0.2) is 0 Å². The van der Waals surface area contributed by atoms with Gasteiger partial charge in [-0.05, 0) is 75.9 Å². The van der Waals surface area contributed by atoms with E-state index in [1.54, 1.807) is 13.0 Å². The average Bonchev–Trinajstić information content (AvgIpc) is 2.89. The van der Waals surface area contributed by atoms with Crippen molar-refractivity contribution in [2.45, 2.75) is 85.5 Å². The summed E-state index contributed by atoms with van der Waals surface area (Å²) in [4.78, 5) is 22.3. The Morgan fingerprint density at radius 1 is 0.771 bits per heavy atom. The lowest BCUT2D eigenvalue weighted by Gasteiger charge is -2.12. The van der Waals surface area contributed by atoms with Gasteiger partial charge in [-0.15, -0.1) is 13.2 Å². The van der Waals surface area contributed by atoms with E-state index in [1.807, 2.05) is 26.8 Å². The molecule has 0 aliphatic heterocycles. The summed E-state index contributed by atoms with van der Waals surface area (Å²) >= 11 is 0. The summed E-state index contributed by atoms with van der Waals surface area (Å²) in [6.07, 6.45) is 13.5. The highest BCUT2D eigenvalue weighted by Gasteiger charge is 2.06. The van der Waals surface area contributed by atoms with Gasteiger partial charge in [0.15, 0.2) is 0 Å². The second-order valence-corrected chi connectivity index (χ2v) is 7.60. The van der Waals surface area contributed by atoms with E-state index in [0.29, 0.717) is 49.0 Å². The predicted molar refractivity (Wildman–Crippen MR) is 150 cm³/mol. The van der Waals surface area contributed by atoms with Crippen LogP contribution in [0.5, 0.6) is 0 Å². The Morgan fingerprint density at radius 2 is 1.26 bits per heavy atom. The summed E-state index contributed by atoms with van der Waals surface area (Å²) in [6, 6.07) is 0. The molecule has 0 amide bonds. The zero-order valence-corrected chi connectivity index (χ0v) is 22.9. The van der Waals surface area contributed by atoms with E-state index in [2.05, 4.69) is 19.7 Å². The second-order valence-electron chi connectivity index (χ2n) is 7.60. The second kappa shape index (κ2) is 29.6. The third kappa shape index (κ3) is 23.1. The molecule has 6 nitrogen and oxygen atoms in total. The molecule has 0 atom stereocenters. The first kappa shape index (κ1) is 37.1. The highest BCUT2D eigenvalue weighted by Crippen LogP contribution is 2.18. The van der Waals surface area contributed by atoms with E-state index in [-0.39, 0.29) is 6.42 Å². The van der Waals surface area contributed by atoms with Gasteiger partial charge in [-0.2, -0.15) is 0 Å². The molecule has 0 spiro atoms. The number of carbonyl (C=O) groups excluding carboxylic acids is 2. The van der Waals surface area contributed by atoms with Crippen LogP contribution in [-0.4, -0.2) is 38.9 Å². The molecule has 0 saturated carbocycles. The molecule has 35 heavy (non-hydrogen) atoms. The molecule has 0 unspecified atom stereocenters. The van der Waals surface area contributed by atoms with Gasteiger partial charge in [-0.1, -0.05) is 46.1 Å². The number of nitrogens with two attached hydrogens (primary N) is 2. The molecule has 0 bridgehead atoms. The molecule has 0 aromatic rings. The zero-order chi connectivity index (χ0) is 27.3. The Labute approximate surface area is 215 Å². The van der Waals surface area contributed by atoms with Crippen LogP contribution >= 0.6 is 0 Å². The van der Waals surface area contributed by atoms with Crippen LogP contribution in [0.15, 0.2) is 60.1 Å². The Balaban J connectivity index is -0.00000242. The van der Waals surface area contributed by atoms with E-state index >= 15 is 0 Å². The van der Waals surface area contributed by atoms with Crippen LogP contribution in [0, 0.1) is 0 Å². The minimum Gasteiger partial charge on any atom is -0.497 e. The van der Waals surface area contributed by atoms with Gasteiger partial charge < -0.3 is 25.7 Å². The fraction of sp³-hybridized carbons (Fsp3) is 0.586. The topological polar surface area (TPSA) is 105 Å². The van der Waals surface area contributed by atoms with Crippen molar-refractivity contribution in [3.63, 3.8) is 0 Å². The summed E-state index contributed by atoms with van der Waals surface area (Å²) in [5, 5.41) is 0. The minimum atomic E-state index is 0.199. The van der Waals surface area contributed by atoms with Crippen molar-refractivity contribution in [1.82, 2.24) is 0 Å². The molecular formula is C29H52N2O4. The number of allylic oxidation sites excluding steroid dienone is 6. The molecule has 0 aromatic heterocycles. The Kier molecular flexibility index (Phi) is 31.4. The number of aldehydes is 2. The summed E-state index contributed by atoms with van der Waals surface area (Å²) in [6.45, 7) is 20.2. The molecule has 0 rings (SSSR count). The van der Waals surface area contributed by atoms with Crippen LogP contribution in [0.3, 0.4) is 0 Å². The number of unbranched alkanes of at least 4 members (excludes halogenated alkanes) is 6. The van der Waals surface area contributed by atoms with Crippen LogP contribution in [0.25, 0.3) is 0 Å². The van der Waals surface area contributed by atoms with Crippen molar-refractivity contribution < 1.29 is 19.1 Å². The van der Waals surface area contributed by atoms with E-state index in [1.165, 1.54) is 0 Å². The van der Waals surface area contributed by atoms with Crippen LogP contribution < -0.4 is 11.5 Å². The average molecular weight is 493 g/mol. The first-order chi connectivity index (χ1) is 17.0. The molecule has 0 radical (unpaired) electrons.